The zero-order valence-corrected chi connectivity index (χ0v) is 15.1. The summed E-state index contributed by atoms with van der Waals surface area (Å²) in [7, 11) is 1.49. The second-order valence-corrected chi connectivity index (χ2v) is 6.51. The third kappa shape index (κ3) is 3.35. The van der Waals surface area contributed by atoms with E-state index >= 15 is 0 Å². The molecule has 1 aliphatic rings. The number of ether oxygens (including phenoxy) is 1. The van der Waals surface area contributed by atoms with Crippen molar-refractivity contribution in [2.45, 2.75) is 19.9 Å². The molecule has 1 fully saturated rings. The highest BCUT2D eigenvalue weighted by Gasteiger charge is 2.34. The van der Waals surface area contributed by atoms with Crippen molar-refractivity contribution in [2.75, 3.05) is 25.1 Å². The minimum absolute atomic E-state index is 0.0284. The molecule has 1 aliphatic heterocycles. The Bertz CT molecular complexity index is 849. The summed E-state index contributed by atoms with van der Waals surface area (Å²) in [6.45, 7) is 4.25. The molecule has 6 nitrogen and oxygen atoms in total. The molecule has 6 heteroatoms. The number of hydrogen-bond donors (Lipinski definition) is 1. The van der Waals surface area contributed by atoms with E-state index in [0.29, 0.717) is 12.3 Å². The van der Waals surface area contributed by atoms with Crippen molar-refractivity contribution < 1.29 is 19.4 Å². The largest absolute Gasteiger partial charge is 0.507 e. The van der Waals surface area contributed by atoms with Gasteiger partial charge in [0, 0.05) is 24.3 Å². The van der Waals surface area contributed by atoms with Crippen molar-refractivity contribution in [2.24, 2.45) is 0 Å². The molecule has 1 heterocycles. The van der Waals surface area contributed by atoms with Crippen LogP contribution < -0.4 is 9.64 Å². The quantitative estimate of drug-likeness (QED) is 0.920. The molecule has 1 N–H and O–H groups in total. The number of carbonyl (C=O) groups is 2. The van der Waals surface area contributed by atoms with Crippen LogP contribution in [0.5, 0.6) is 11.5 Å². The Morgan fingerprint density at radius 2 is 2.00 bits per heavy atom. The Labute approximate surface area is 152 Å². The van der Waals surface area contributed by atoms with Crippen LogP contribution in [0.2, 0.25) is 0 Å². The summed E-state index contributed by atoms with van der Waals surface area (Å²) in [6, 6.07) is 12.1. The third-order valence-electron chi connectivity index (χ3n) is 4.60. The number of amides is 2. The summed E-state index contributed by atoms with van der Waals surface area (Å²) < 4.78 is 5.04. The molecule has 2 amide bonds. The molecule has 2 aromatic carbocycles. The van der Waals surface area contributed by atoms with Gasteiger partial charge >= 0.3 is 0 Å². The predicted molar refractivity (Wildman–Crippen MR) is 98.7 cm³/mol. The molecule has 0 saturated carbocycles. The summed E-state index contributed by atoms with van der Waals surface area (Å²) in [6.07, 6.45) is 0. The molecule has 0 radical (unpaired) electrons. The van der Waals surface area contributed by atoms with Crippen LogP contribution in [-0.4, -0.2) is 48.1 Å². The van der Waals surface area contributed by atoms with E-state index in [2.05, 4.69) is 0 Å². The van der Waals surface area contributed by atoms with Crippen LogP contribution in [0.4, 0.5) is 5.69 Å². The number of hydrogen-bond acceptors (Lipinski definition) is 4. The van der Waals surface area contributed by atoms with Gasteiger partial charge in [0.25, 0.3) is 5.91 Å². The van der Waals surface area contributed by atoms with Crippen molar-refractivity contribution in [3.63, 3.8) is 0 Å². The number of aromatic hydroxyl groups is 1. The van der Waals surface area contributed by atoms with Crippen molar-refractivity contribution in [1.82, 2.24) is 4.90 Å². The van der Waals surface area contributed by atoms with Crippen LogP contribution in [0.1, 0.15) is 22.8 Å². The molecule has 2 aromatic rings. The highest BCUT2D eigenvalue weighted by molar-refractivity contribution is 6.03. The van der Waals surface area contributed by atoms with Crippen LogP contribution in [-0.2, 0) is 4.79 Å². The van der Waals surface area contributed by atoms with Gasteiger partial charge in [-0.15, -0.1) is 0 Å². The Hall–Kier alpha value is -3.02. The lowest BCUT2D eigenvalue weighted by Crippen LogP contribution is -2.57. The fraction of sp³-hybridized carbons (Fsp3) is 0.300. The van der Waals surface area contributed by atoms with E-state index in [1.54, 1.807) is 11.0 Å². The van der Waals surface area contributed by atoms with Crippen LogP contribution >= 0.6 is 0 Å². The van der Waals surface area contributed by atoms with Crippen LogP contribution in [0, 0.1) is 6.92 Å². The summed E-state index contributed by atoms with van der Waals surface area (Å²) in [5.41, 5.74) is 2.07. The first-order valence-corrected chi connectivity index (χ1v) is 8.45. The SMILES string of the molecule is COc1ccc(C(=O)N2CC(=O)N(c3cccc(C)c3)C[C@@H]2C)c(O)c1. The van der Waals surface area contributed by atoms with Crippen molar-refractivity contribution >= 4 is 17.5 Å². The summed E-state index contributed by atoms with van der Waals surface area (Å²) in [4.78, 5) is 28.7. The fourth-order valence-electron chi connectivity index (χ4n) is 3.14. The molecular weight excluding hydrogens is 332 g/mol. The molecule has 136 valence electrons. The van der Waals surface area contributed by atoms with Crippen molar-refractivity contribution in [3.8, 4) is 11.5 Å². The van der Waals surface area contributed by atoms with Gasteiger partial charge in [-0.2, -0.15) is 0 Å². The normalized spacial score (nSPS) is 17.3. The topological polar surface area (TPSA) is 70.1 Å². The maximum absolute atomic E-state index is 12.8. The number of rotatable bonds is 3. The van der Waals surface area contributed by atoms with Gasteiger partial charge < -0.3 is 19.6 Å². The highest BCUT2D eigenvalue weighted by Crippen LogP contribution is 2.27. The smallest absolute Gasteiger partial charge is 0.258 e. The van der Waals surface area contributed by atoms with Crippen molar-refractivity contribution in [1.29, 1.82) is 0 Å². The Kier molecular flexibility index (Phi) is 4.84. The average molecular weight is 354 g/mol. The second kappa shape index (κ2) is 7.07. The molecule has 0 unspecified atom stereocenters. The van der Waals surface area contributed by atoms with Gasteiger partial charge in [-0.05, 0) is 43.7 Å². The van der Waals surface area contributed by atoms with E-state index in [9.17, 15) is 14.7 Å². The zero-order valence-electron chi connectivity index (χ0n) is 15.1. The second-order valence-electron chi connectivity index (χ2n) is 6.51. The number of aryl methyl sites for hydroxylation is 1. The van der Waals surface area contributed by atoms with Crippen molar-refractivity contribution in [3.05, 3.63) is 53.6 Å². The van der Waals surface area contributed by atoms with E-state index in [1.807, 2.05) is 38.1 Å². The molecule has 0 bridgehead atoms. The molecule has 0 spiro atoms. The van der Waals surface area contributed by atoms with Gasteiger partial charge in [0.15, 0.2) is 0 Å². The van der Waals surface area contributed by atoms with Gasteiger partial charge in [0.2, 0.25) is 5.91 Å². The molecule has 1 atom stereocenters. The molecule has 3 rings (SSSR count). The van der Waals surface area contributed by atoms with Gasteiger partial charge in [0.05, 0.1) is 12.7 Å². The van der Waals surface area contributed by atoms with E-state index in [0.717, 1.165) is 11.3 Å². The minimum Gasteiger partial charge on any atom is -0.507 e. The van der Waals surface area contributed by atoms with E-state index in [4.69, 9.17) is 4.74 Å². The molecule has 1 saturated heterocycles. The predicted octanol–water partition coefficient (Wildman–Crippen LogP) is 2.59. The number of phenolic OH excluding ortho intramolecular Hbond substituents is 1. The van der Waals surface area contributed by atoms with Gasteiger partial charge in [-0.25, -0.2) is 0 Å². The maximum Gasteiger partial charge on any atom is 0.258 e. The lowest BCUT2D eigenvalue weighted by Gasteiger charge is -2.39. The first-order chi connectivity index (χ1) is 12.4. The highest BCUT2D eigenvalue weighted by atomic mass is 16.5. The fourth-order valence-corrected chi connectivity index (χ4v) is 3.14. The molecule has 26 heavy (non-hydrogen) atoms. The van der Waals surface area contributed by atoms with E-state index in [1.165, 1.54) is 24.1 Å². The van der Waals surface area contributed by atoms with E-state index in [-0.39, 0.29) is 35.7 Å². The van der Waals surface area contributed by atoms with Gasteiger partial charge in [-0.1, -0.05) is 12.1 Å². The first-order valence-electron chi connectivity index (χ1n) is 8.45. The lowest BCUT2D eigenvalue weighted by atomic mass is 10.1. The first kappa shape index (κ1) is 17.8. The maximum atomic E-state index is 12.8. The summed E-state index contributed by atoms with van der Waals surface area (Å²) in [5.74, 6) is -0.201. The van der Waals surface area contributed by atoms with Crippen LogP contribution in [0.3, 0.4) is 0 Å². The molecule has 0 aromatic heterocycles. The molecular formula is C20H22N2O4. The molecule has 0 aliphatic carbocycles. The Morgan fingerprint density at radius 1 is 1.23 bits per heavy atom. The number of anilines is 1. The Balaban J connectivity index is 1.81. The zero-order chi connectivity index (χ0) is 18.8. The van der Waals surface area contributed by atoms with Crippen LogP contribution in [0.25, 0.3) is 0 Å². The summed E-state index contributed by atoms with van der Waals surface area (Å²) >= 11 is 0. The Morgan fingerprint density at radius 3 is 2.65 bits per heavy atom. The average Bonchev–Trinajstić information content (AvgIpc) is 2.62. The number of phenols is 1. The lowest BCUT2D eigenvalue weighted by molar-refractivity contribution is -0.121. The number of nitrogens with zero attached hydrogens (tertiary/aromatic N) is 2. The van der Waals surface area contributed by atoms with Gasteiger partial charge in [-0.3, -0.25) is 9.59 Å². The summed E-state index contributed by atoms with van der Waals surface area (Å²) in [5, 5.41) is 10.1. The number of piperazine rings is 1. The third-order valence-corrected chi connectivity index (χ3v) is 4.60. The minimum atomic E-state index is -0.366. The van der Waals surface area contributed by atoms with E-state index < -0.39 is 0 Å². The number of benzene rings is 2. The standard InChI is InChI=1S/C20H22N2O4/c1-13-5-4-6-15(9-13)22-11-14(2)21(12-19(22)24)20(25)17-8-7-16(26-3)10-18(17)23/h4-10,14,23H,11-12H2,1-3H3/t14-/m0/s1. The monoisotopic (exact) mass is 354 g/mol. The number of methoxy groups -OCH3 is 1. The number of carbonyl (C=O) groups excluding carboxylic acids is 2. The van der Waals surface area contributed by atoms with Crippen LogP contribution in [0.15, 0.2) is 42.5 Å². The van der Waals surface area contributed by atoms with Gasteiger partial charge in [0.1, 0.15) is 18.0 Å².